The van der Waals surface area contributed by atoms with E-state index < -0.39 is 5.60 Å². The van der Waals surface area contributed by atoms with Crippen molar-refractivity contribution in [2.45, 2.75) is 32.4 Å². The normalized spacial score (nSPS) is 14.8. The first kappa shape index (κ1) is 14.3. The highest BCUT2D eigenvalue weighted by Crippen LogP contribution is 2.30. The van der Waals surface area contributed by atoms with Crippen LogP contribution in [-0.4, -0.2) is 24.8 Å². The third-order valence-electron chi connectivity index (χ3n) is 2.63. The Morgan fingerprint density at radius 3 is 2.65 bits per heavy atom. The van der Waals surface area contributed by atoms with Crippen molar-refractivity contribution in [3.63, 3.8) is 0 Å². The second-order valence-corrected chi connectivity index (χ2v) is 5.07. The molecule has 1 atom stereocenters. The molecule has 0 fully saturated rings. The van der Waals surface area contributed by atoms with Crippen molar-refractivity contribution in [3.8, 4) is 5.75 Å². The Bertz CT molecular complexity index is 378. The van der Waals surface area contributed by atoms with E-state index in [0.717, 1.165) is 5.56 Å². The maximum atomic E-state index is 10.4. The quantitative estimate of drug-likeness (QED) is 0.852. The molecule has 0 aromatic heterocycles. The number of rotatable bonds is 5. The van der Waals surface area contributed by atoms with Gasteiger partial charge in [0.25, 0.3) is 0 Å². The Balaban J connectivity index is 2.90. The van der Waals surface area contributed by atoms with Crippen molar-refractivity contribution in [3.05, 3.63) is 28.8 Å². The van der Waals surface area contributed by atoms with Gasteiger partial charge in [-0.25, -0.2) is 0 Å². The summed E-state index contributed by atoms with van der Waals surface area (Å²) in [6.45, 7) is 6.33. The molecule has 1 rings (SSSR count). The lowest BCUT2D eigenvalue weighted by Crippen LogP contribution is -2.38. The zero-order chi connectivity index (χ0) is 13.1. The Labute approximate surface area is 108 Å². The average Bonchev–Trinajstić information content (AvgIpc) is 2.27. The van der Waals surface area contributed by atoms with Gasteiger partial charge in [-0.05, 0) is 24.6 Å². The number of nitrogens with one attached hydrogen (secondary N) is 1. The average molecular weight is 258 g/mol. The van der Waals surface area contributed by atoms with Crippen molar-refractivity contribution in [1.29, 1.82) is 0 Å². The van der Waals surface area contributed by atoms with Gasteiger partial charge >= 0.3 is 0 Å². The standard InChI is InChI=1S/C13H20ClNO2/c1-9(2)15-8-13(3,16)10-5-6-11(14)12(7-10)17-4/h5-7,9,15-16H,8H2,1-4H3. The minimum Gasteiger partial charge on any atom is -0.495 e. The van der Waals surface area contributed by atoms with E-state index in [1.165, 1.54) is 0 Å². The van der Waals surface area contributed by atoms with Crippen LogP contribution >= 0.6 is 11.6 Å². The Morgan fingerprint density at radius 2 is 2.12 bits per heavy atom. The molecule has 0 saturated carbocycles. The molecule has 0 saturated heterocycles. The molecule has 1 aromatic carbocycles. The zero-order valence-corrected chi connectivity index (χ0v) is 11.5. The van der Waals surface area contributed by atoms with Crippen LogP contribution in [-0.2, 0) is 5.60 Å². The van der Waals surface area contributed by atoms with E-state index in [0.29, 0.717) is 23.4 Å². The summed E-state index contributed by atoms with van der Waals surface area (Å²) >= 11 is 5.95. The lowest BCUT2D eigenvalue weighted by molar-refractivity contribution is 0.0547. The molecule has 4 heteroatoms. The second-order valence-electron chi connectivity index (χ2n) is 4.66. The van der Waals surface area contributed by atoms with E-state index >= 15 is 0 Å². The summed E-state index contributed by atoms with van der Waals surface area (Å²) in [5, 5.41) is 14.1. The van der Waals surface area contributed by atoms with Gasteiger partial charge in [0.05, 0.1) is 17.7 Å². The summed E-state index contributed by atoms with van der Waals surface area (Å²) in [5.74, 6) is 0.578. The molecule has 0 spiro atoms. The van der Waals surface area contributed by atoms with E-state index in [2.05, 4.69) is 5.32 Å². The predicted molar refractivity (Wildman–Crippen MR) is 70.7 cm³/mol. The predicted octanol–water partition coefficient (Wildman–Crippen LogP) is 2.55. The van der Waals surface area contributed by atoms with E-state index in [9.17, 15) is 5.11 Å². The lowest BCUT2D eigenvalue weighted by Gasteiger charge is -2.26. The summed E-state index contributed by atoms with van der Waals surface area (Å²) < 4.78 is 5.14. The fraction of sp³-hybridized carbons (Fsp3) is 0.538. The second kappa shape index (κ2) is 5.71. The van der Waals surface area contributed by atoms with Crippen LogP contribution < -0.4 is 10.1 Å². The Kier molecular flexibility index (Phi) is 4.80. The Hall–Kier alpha value is -0.770. The SMILES string of the molecule is COc1cc(C(C)(O)CNC(C)C)ccc1Cl. The number of hydrogen-bond donors (Lipinski definition) is 2. The number of ether oxygens (including phenoxy) is 1. The van der Waals surface area contributed by atoms with E-state index in [1.807, 2.05) is 19.9 Å². The first-order chi connectivity index (χ1) is 7.86. The van der Waals surface area contributed by atoms with Crippen molar-refractivity contribution < 1.29 is 9.84 Å². The lowest BCUT2D eigenvalue weighted by atomic mass is 9.95. The smallest absolute Gasteiger partial charge is 0.137 e. The summed E-state index contributed by atoms with van der Waals surface area (Å²) in [5.41, 5.74) is -0.158. The first-order valence-corrected chi connectivity index (χ1v) is 6.04. The van der Waals surface area contributed by atoms with Crippen LogP contribution in [0.3, 0.4) is 0 Å². The molecule has 0 aliphatic heterocycles. The molecule has 1 aromatic rings. The minimum atomic E-state index is -0.942. The minimum absolute atomic E-state index is 0.329. The summed E-state index contributed by atoms with van der Waals surface area (Å²) in [4.78, 5) is 0. The van der Waals surface area contributed by atoms with Gasteiger partial charge in [-0.2, -0.15) is 0 Å². The maximum Gasteiger partial charge on any atom is 0.137 e. The number of benzene rings is 1. The van der Waals surface area contributed by atoms with Gasteiger partial charge in [-0.1, -0.05) is 31.5 Å². The number of hydrogen-bond acceptors (Lipinski definition) is 3. The van der Waals surface area contributed by atoms with Gasteiger partial charge < -0.3 is 15.2 Å². The van der Waals surface area contributed by atoms with Gasteiger partial charge in [0.1, 0.15) is 5.75 Å². The molecule has 0 aliphatic carbocycles. The van der Waals surface area contributed by atoms with Crippen molar-refractivity contribution in [2.24, 2.45) is 0 Å². The van der Waals surface area contributed by atoms with Gasteiger partial charge in [0.15, 0.2) is 0 Å². The third-order valence-corrected chi connectivity index (χ3v) is 2.94. The number of halogens is 1. The van der Waals surface area contributed by atoms with Crippen LogP contribution in [0.25, 0.3) is 0 Å². The van der Waals surface area contributed by atoms with Crippen LogP contribution in [0.1, 0.15) is 26.3 Å². The van der Waals surface area contributed by atoms with Crippen molar-refractivity contribution >= 4 is 11.6 Å². The molecular formula is C13H20ClNO2. The largest absolute Gasteiger partial charge is 0.495 e. The molecule has 3 nitrogen and oxygen atoms in total. The molecule has 17 heavy (non-hydrogen) atoms. The fourth-order valence-corrected chi connectivity index (χ4v) is 1.69. The monoisotopic (exact) mass is 257 g/mol. The molecule has 0 radical (unpaired) electrons. The summed E-state index contributed by atoms with van der Waals surface area (Å²) in [6.07, 6.45) is 0. The maximum absolute atomic E-state index is 10.4. The molecule has 0 heterocycles. The molecule has 0 aliphatic rings. The van der Waals surface area contributed by atoms with Crippen LogP contribution in [0.15, 0.2) is 18.2 Å². The molecule has 0 amide bonds. The fourth-order valence-electron chi connectivity index (χ4n) is 1.50. The molecule has 2 N–H and O–H groups in total. The molecule has 96 valence electrons. The summed E-state index contributed by atoms with van der Waals surface area (Å²) in [6, 6.07) is 5.65. The number of methoxy groups -OCH3 is 1. The van der Waals surface area contributed by atoms with Crippen LogP contribution in [0, 0.1) is 0 Å². The van der Waals surface area contributed by atoms with Crippen molar-refractivity contribution in [2.75, 3.05) is 13.7 Å². The van der Waals surface area contributed by atoms with E-state index in [1.54, 1.807) is 26.2 Å². The van der Waals surface area contributed by atoms with Gasteiger partial charge in [-0.3, -0.25) is 0 Å². The number of aliphatic hydroxyl groups is 1. The van der Waals surface area contributed by atoms with Gasteiger partial charge in [0.2, 0.25) is 0 Å². The molecule has 0 bridgehead atoms. The molecular weight excluding hydrogens is 238 g/mol. The third kappa shape index (κ3) is 3.87. The van der Waals surface area contributed by atoms with Crippen molar-refractivity contribution in [1.82, 2.24) is 5.32 Å². The zero-order valence-electron chi connectivity index (χ0n) is 10.7. The first-order valence-electron chi connectivity index (χ1n) is 5.66. The molecule has 1 unspecified atom stereocenters. The van der Waals surface area contributed by atoms with Crippen LogP contribution in [0.4, 0.5) is 0 Å². The van der Waals surface area contributed by atoms with E-state index in [-0.39, 0.29) is 0 Å². The Morgan fingerprint density at radius 1 is 1.47 bits per heavy atom. The van der Waals surface area contributed by atoms with Crippen LogP contribution in [0.2, 0.25) is 5.02 Å². The van der Waals surface area contributed by atoms with Crippen LogP contribution in [0.5, 0.6) is 5.75 Å². The highest BCUT2D eigenvalue weighted by atomic mass is 35.5. The highest BCUT2D eigenvalue weighted by Gasteiger charge is 2.24. The van der Waals surface area contributed by atoms with Gasteiger partial charge in [-0.15, -0.1) is 0 Å². The topological polar surface area (TPSA) is 41.5 Å². The highest BCUT2D eigenvalue weighted by molar-refractivity contribution is 6.32. The van der Waals surface area contributed by atoms with Gasteiger partial charge in [0, 0.05) is 12.6 Å². The summed E-state index contributed by atoms with van der Waals surface area (Å²) in [7, 11) is 1.56. The van der Waals surface area contributed by atoms with E-state index in [4.69, 9.17) is 16.3 Å².